The van der Waals surface area contributed by atoms with Gasteiger partial charge < -0.3 is 9.84 Å². The second-order valence-corrected chi connectivity index (χ2v) is 5.79. The first-order valence-corrected chi connectivity index (χ1v) is 8.46. The maximum atomic E-state index is 12.8. The molecular weight excluding hydrogens is 362 g/mol. The van der Waals surface area contributed by atoms with Gasteiger partial charge in [0, 0.05) is 13.5 Å². The highest BCUT2D eigenvalue weighted by Crippen LogP contribution is 2.23. The quantitative estimate of drug-likeness (QED) is 0.282. The highest BCUT2D eigenvalue weighted by atomic mass is 16.6. The Morgan fingerprint density at radius 3 is 2.50 bits per heavy atom. The number of hydrogen-bond acceptors (Lipinski definition) is 6. The van der Waals surface area contributed by atoms with Crippen LogP contribution in [0.1, 0.15) is 18.2 Å². The van der Waals surface area contributed by atoms with Gasteiger partial charge in [-0.05, 0) is 17.7 Å². The summed E-state index contributed by atoms with van der Waals surface area (Å²) < 4.78 is 7.38. The summed E-state index contributed by atoms with van der Waals surface area (Å²) in [6.07, 6.45) is 3.12. The molecule has 0 bridgehead atoms. The molecule has 148 valence electrons. The van der Waals surface area contributed by atoms with Crippen molar-refractivity contribution in [1.29, 1.82) is 0 Å². The minimum atomic E-state index is -0.515. The molecule has 0 saturated heterocycles. The van der Waals surface area contributed by atoms with Crippen molar-refractivity contribution in [2.75, 3.05) is 6.61 Å². The molecule has 0 aliphatic heterocycles. The number of benzene rings is 1. The Kier molecular flexibility index (Phi) is 7.00. The number of hydrogen-bond donors (Lipinski definition) is 2. The number of aromatic nitrogens is 2. The fourth-order valence-corrected chi connectivity index (χ4v) is 2.50. The lowest BCUT2D eigenvalue weighted by atomic mass is 10.1. The van der Waals surface area contributed by atoms with Crippen molar-refractivity contribution in [3.8, 4) is 11.6 Å². The van der Waals surface area contributed by atoms with Crippen molar-refractivity contribution in [3.05, 3.63) is 77.9 Å². The number of allylic oxidation sites excluding steroid dienone is 1. The van der Waals surface area contributed by atoms with Crippen LogP contribution in [0.25, 0.3) is 11.4 Å². The lowest BCUT2D eigenvalue weighted by molar-refractivity contribution is -0.142. The number of nitrogens with zero attached hydrogens (tertiary/aromatic N) is 2. The first-order chi connectivity index (χ1) is 13.4. The van der Waals surface area contributed by atoms with Crippen molar-refractivity contribution in [1.82, 2.24) is 14.6 Å². The maximum absolute atomic E-state index is 12.8. The molecule has 2 N–H and O–H groups in total. The summed E-state index contributed by atoms with van der Waals surface area (Å²) in [5.41, 5.74) is 4.12. The van der Waals surface area contributed by atoms with Gasteiger partial charge in [-0.2, -0.15) is 0 Å². The zero-order valence-electron chi connectivity index (χ0n) is 15.7. The Balaban J connectivity index is 2.36. The summed E-state index contributed by atoms with van der Waals surface area (Å²) in [4.78, 5) is 29.0. The van der Waals surface area contributed by atoms with Gasteiger partial charge in [-0.3, -0.25) is 19.7 Å². The summed E-state index contributed by atoms with van der Waals surface area (Å²) in [6, 6.07) is 6.77. The molecule has 2 aromatic rings. The van der Waals surface area contributed by atoms with E-state index in [2.05, 4.69) is 25.2 Å². The van der Waals surface area contributed by atoms with Gasteiger partial charge in [-0.15, -0.1) is 13.2 Å². The fourth-order valence-electron chi connectivity index (χ4n) is 2.50. The number of aromatic hydroxyl groups is 1. The molecule has 0 radical (unpaired) electrons. The second-order valence-electron chi connectivity index (χ2n) is 5.79. The Morgan fingerprint density at radius 2 is 1.93 bits per heavy atom. The van der Waals surface area contributed by atoms with Crippen LogP contribution in [0.4, 0.5) is 0 Å². The van der Waals surface area contributed by atoms with Crippen LogP contribution in [0, 0.1) is 0 Å². The van der Waals surface area contributed by atoms with Gasteiger partial charge in [0.15, 0.2) is 0 Å². The van der Waals surface area contributed by atoms with E-state index < -0.39 is 11.7 Å². The zero-order chi connectivity index (χ0) is 20.7. The average Bonchev–Trinajstić information content (AvgIpc) is 2.90. The molecule has 28 heavy (non-hydrogen) atoms. The topological polar surface area (TPSA) is 94.7 Å². The summed E-state index contributed by atoms with van der Waals surface area (Å²) >= 11 is 0. The first kappa shape index (κ1) is 20.8. The molecule has 0 saturated carbocycles. The van der Waals surface area contributed by atoms with E-state index in [1.165, 1.54) is 17.6 Å². The molecule has 0 amide bonds. The maximum Gasteiger partial charge on any atom is 0.336 e. The Labute approximate surface area is 162 Å². The Morgan fingerprint density at radius 1 is 1.25 bits per heavy atom. The van der Waals surface area contributed by atoms with E-state index in [0.717, 1.165) is 10.1 Å². The highest BCUT2D eigenvalue weighted by molar-refractivity contribution is 5.66. The van der Waals surface area contributed by atoms with E-state index in [9.17, 15) is 14.7 Å². The van der Waals surface area contributed by atoms with E-state index >= 15 is 0 Å². The number of imidazole rings is 1. The number of ether oxygens (including phenoxy) is 1. The van der Waals surface area contributed by atoms with Gasteiger partial charge in [0.1, 0.15) is 12.3 Å². The van der Waals surface area contributed by atoms with Crippen molar-refractivity contribution in [2.24, 2.45) is 0 Å². The molecule has 1 heterocycles. The van der Waals surface area contributed by atoms with Crippen molar-refractivity contribution in [3.63, 3.8) is 0 Å². The monoisotopic (exact) mass is 385 g/mol. The summed E-state index contributed by atoms with van der Waals surface area (Å²) in [5, 5.41) is 10.6. The van der Waals surface area contributed by atoms with Crippen LogP contribution < -0.4 is 11.2 Å². The number of rotatable bonds is 10. The third-order valence-corrected chi connectivity index (χ3v) is 3.81. The molecule has 1 aromatic heterocycles. The second kappa shape index (κ2) is 9.43. The Bertz CT molecular complexity index is 938. The molecule has 0 unspecified atom stereocenters. The summed E-state index contributed by atoms with van der Waals surface area (Å²) in [6.45, 7) is 12.5. The molecule has 0 atom stereocenters. The van der Waals surface area contributed by atoms with Gasteiger partial charge in [-0.25, -0.2) is 9.36 Å². The smallest absolute Gasteiger partial charge is 0.336 e. The van der Waals surface area contributed by atoms with Crippen LogP contribution in [-0.4, -0.2) is 26.8 Å². The molecule has 0 aliphatic rings. The normalized spacial score (nSPS) is 10.3. The number of esters is 1. The molecular formula is C20H23N3O5. The van der Waals surface area contributed by atoms with Crippen molar-refractivity contribution >= 4 is 11.7 Å². The SMILES string of the molecule is C=CCONC(=C)c1ccc(-n2c(O)c(COC(C)=O)n(CC=C)c2=O)cc1. The van der Waals surface area contributed by atoms with E-state index in [1.807, 2.05) is 0 Å². The lowest BCUT2D eigenvalue weighted by Gasteiger charge is -2.10. The largest absolute Gasteiger partial charge is 0.493 e. The molecule has 8 nitrogen and oxygen atoms in total. The first-order valence-electron chi connectivity index (χ1n) is 8.46. The molecule has 2 rings (SSSR count). The standard InChI is InChI=1S/C20H23N3O5/c1-5-11-22-18(13-27-15(4)24)19(25)23(20(22)26)17-9-7-16(8-10-17)14(3)21-28-12-6-2/h5-10,21,25H,1-3,11-13H2,4H3. The van der Waals surface area contributed by atoms with Gasteiger partial charge >= 0.3 is 11.7 Å². The minimum absolute atomic E-state index is 0.162. The van der Waals surface area contributed by atoms with Crippen LogP contribution >= 0.6 is 0 Å². The fraction of sp³-hybridized carbons (Fsp3) is 0.200. The van der Waals surface area contributed by atoms with Crippen LogP contribution in [0.5, 0.6) is 5.88 Å². The summed E-state index contributed by atoms with van der Waals surface area (Å²) in [7, 11) is 0. The van der Waals surface area contributed by atoms with E-state index in [4.69, 9.17) is 9.57 Å². The van der Waals surface area contributed by atoms with E-state index in [0.29, 0.717) is 18.0 Å². The van der Waals surface area contributed by atoms with Crippen LogP contribution in [0.3, 0.4) is 0 Å². The zero-order valence-corrected chi connectivity index (χ0v) is 15.7. The predicted molar refractivity (Wildman–Crippen MR) is 106 cm³/mol. The van der Waals surface area contributed by atoms with Crippen molar-refractivity contribution < 1.29 is 19.5 Å². The molecule has 0 aliphatic carbocycles. The summed E-state index contributed by atoms with van der Waals surface area (Å²) in [5.74, 6) is -0.814. The third kappa shape index (κ3) is 4.60. The Hall–Kier alpha value is -3.52. The van der Waals surface area contributed by atoms with Gasteiger partial charge in [0.05, 0.1) is 18.0 Å². The molecule has 0 spiro atoms. The minimum Gasteiger partial charge on any atom is -0.493 e. The molecule has 0 fully saturated rings. The molecule has 8 heteroatoms. The van der Waals surface area contributed by atoms with Crippen LogP contribution in [0.2, 0.25) is 0 Å². The predicted octanol–water partition coefficient (Wildman–Crippen LogP) is 2.27. The van der Waals surface area contributed by atoms with E-state index in [1.54, 1.807) is 30.3 Å². The van der Waals surface area contributed by atoms with Gasteiger partial charge in [0.25, 0.3) is 0 Å². The van der Waals surface area contributed by atoms with Crippen LogP contribution in [0.15, 0.2) is 60.9 Å². The molecule has 1 aromatic carbocycles. The number of nitrogens with one attached hydrogen (secondary N) is 1. The van der Waals surface area contributed by atoms with Gasteiger partial charge in [0.2, 0.25) is 5.88 Å². The van der Waals surface area contributed by atoms with E-state index in [-0.39, 0.29) is 24.7 Å². The lowest BCUT2D eigenvalue weighted by Crippen LogP contribution is -2.24. The number of carbonyl (C=O) groups excluding carboxylic acids is 1. The number of carbonyl (C=O) groups is 1. The average molecular weight is 385 g/mol. The van der Waals surface area contributed by atoms with Gasteiger partial charge in [-0.1, -0.05) is 30.9 Å². The van der Waals surface area contributed by atoms with Crippen LogP contribution in [-0.2, 0) is 27.5 Å². The number of hydroxylamine groups is 1. The third-order valence-electron chi connectivity index (χ3n) is 3.81. The highest BCUT2D eigenvalue weighted by Gasteiger charge is 2.21. The van der Waals surface area contributed by atoms with Crippen molar-refractivity contribution in [2.45, 2.75) is 20.1 Å².